The van der Waals surface area contributed by atoms with E-state index < -0.39 is 12.0 Å². The Kier molecular flexibility index (Phi) is 3.10. The highest BCUT2D eigenvalue weighted by Crippen LogP contribution is 2.31. The molecule has 4 N–H and O–H groups in total. The molecule has 1 fully saturated rings. The van der Waals surface area contributed by atoms with Crippen LogP contribution < -0.4 is 11.1 Å². The van der Waals surface area contributed by atoms with Crippen molar-refractivity contribution in [2.24, 2.45) is 5.73 Å². The number of carboxylic acid groups (broad SMARTS) is 1. The summed E-state index contributed by atoms with van der Waals surface area (Å²) in [5, 5.41) is 10.9. The van der Waals surface area contributed by atoms with Gasteiger partial charge in [0.15, 0.2) is 0 Å². The van der Waals surface area contributed by atoms with E-state index in [2.05, 4.69) is 5.32 Å². The number of hydrogen-bond donors (Lipinski definition) is 3. The molecule has 1 aliphatic carbocycles. The summed E-state index contributed by atoms with van der Waals surface area (Å²) >= 11 is 0. The maximum atomic E-state index is 11.3. The zero-order chi connectivity index (χ0) is 10.8. The number of carbonyl (C=O) groups is 2. The van der Waals surface area contributed by atoms with Crippen LogP contribution in [-0.2, 0) is 9.59 Å². The Morgan fingerprint density at radius 1 is 1.57 bits per heavy atom. The number of aliphatic carboxylic acids is 1. The van der Waals surface area contributed by atoms with Gasteiger partial charge in [0.05, 0.1) is 0 Å². The molecule has 1 amide bonds. The molecule has 0 radical (unpaired) electrons. The van der Waals surface area contributed by atoms with Gasteiger partial charge < -0.3 is 16.2 Å². The minimum Gasteiger partial charge on any atom is -0.480 e. The molecule has 0 aliphatic heterocycles. The molecule has 0 aromatic carbocycles. The summed E-state index contributed by atoms with van der Waals surface area (Å²) < 4.78 is 0. The molecular weight excluding hydrogens is 184 g/mol. The van der Waals surface area contributed by atoms with Gasteiger partial charge in [0.2, 0.25) is 5.91 Å². The van der Waals surface area contributed by atoms with E-state index in [1.807, 2.05) is 0 Å². The molecule has 0 heterocycles. The summed E-state index contributed by atoms with van der Waals surface area (Å²) in [6.07, 6.45) is 2.98. The molecule has 1 atom stereocenters. The Morgan fingerprint density at radius 3 is 2.50 bits per heavy atom. The van der Waals surface area contributed by atoms with Gasteiger partial charge >= 0.3 is 5.97 Å². The van der Waals surface area contributed by atoms with Gasteiger partial charge in [0.25, 0.3) is 0 Å². The van der Waals surface area contributed by atoms with Crippen LogP contribution in [0, 0.1) is 0 Å². The summed E-state index contributed by atoms with van der Waals surface area (Å²) in [6.45, 7) is 1.43. The Morgan fingerprint density at radius 2 is 2.14 bits per heavy atom. The number of carbonyl (C=O) groups excluding carboxylic acids is 1. The lowest BCUT2D eigenvalue weighted by atomic mass is 9.75. The van der Waals surface area contributed by atoms with Gasteiger partial charge in [-0.05, 0) is 26.2 Å². The second-order valence-electron chi connectivity index (χ2n) is 4.02. The molecule has 1 aliphatic rings. The number of nitrogens with two attached hydrogens (primary N) is 1. The smallest absolute Gasteiger partial charge is 0.325 e. The standard InChI is InChI=1S/C9H16N2O3/c1-6(8(13)14)11-7(12)5-9(10)3-2-4-9/h6H,2-5,10H2,1H3,(H,11,12)(H,13,14)/t6-/m1/s1. The number of nitrogens with one attached hydrogen (secondary N) is 1. The molecule has 5 nitrogen and oxygen atoms in total. The molecule has 0 spiro atoms. The average molecular weight is 200 g/mol. The van der Waals surface area contributed by atoms with Crippen LogP contribution >= 0.6 is 0 Å². The van der Waals surface area contributed by atoms with E-state index in [9.17, 15) is 9.59 Å². The monoisotopic (exact) mass is 200 g/mol. The van der Waals surface area contributed by atoms with E-state index in [4.69, 9.17) is 10.8 Å². The molecule has 5 heteroatoms. The number of hydrogen-bond acceptors (Lipinski definition) is 3. The minimum absolute atomic E-state index is 0.227. The van der Waals surface area contributed by atoms with E-state index in [0.29, 0.717) is 0 Å². The third kappa shape index (κ3) is 2.70. The SMILES string of the molecule is C[C@@H](NC(=O)CC1(N)CCC1)C(=O)O. The lowest BCUT2D eigenvalue weighted by molar-refractivity contribution is -0.141. The van der Waals surface area contributed by atoms with Crippen LogP contribution in [0.2, 0.25) is 0 Å². The van der Waals surface area contributed by atoms with Gasteiger partial charge in [-0.15, -0.1) is 0 Å². The van der Waals surface area contributed by atoms with Crippen LogP contribution in [0.3, 0.4) is 0 Å². The first-order valence-electron chi connectivity index (χ1n) is 4.74. The van der Waals surface area contributed by atoms with Gasteiger partial charge in [-0.1, -0.05) is 0 Å². The highest BCUT2D eigenvalue weighted by Gasteiger charge is 2.35. The number of amides is 1. The Hall–Kier alpha value is -1.10. The predicted octanol–water partition coefficient (Wildman–Crippen LogP) is -0.153. The van der Waals surface area contributed by atoms with E-state index in [1.165, 1.54) is 6.92 Å². The van der Waals surface area contributed by atoms with Gasteiger partial charge in [0.1, 0.15) is 6.04 Å². The quantitative estimate of drug-likeness (QED) is 0.588. The topological polar surface area (TPSA) is 92.4 Å². The maximum Gasteiger partial charge on any atom is 0.325 e. The van der Waals surface area contributed by atoms with Crippen molar-refractivity contribution in [2.45, 2.75) is 44.2 Å². The van der Waals surface area contributed by atoms with Crippen molar-refractivity contribution < 1.29 is 14.7 Å². The first-order valence-corrected chi connectivity index (χ1v) is 4.74. The fraction of sp³-hybridized carbons (Fsp3) is 0.778. The number of carboxylic acids is 1. The molecule has 14 heavy (non-hydrogen) atoms. The molecule has 0 aromatic rings. The minimum atomic E-state index is -1.03. The van der Waals surface area contributed by atoms with Crippen molar-refractivity contribution in [1.29, 1.82) is 0 Å². The second kappa shape index (κ2) is 3.96. The lowest BCUT2D eigenvalue weighted by Crippen LogP contribution is -2.51. The zero-order valence-corrected chi connectivity index (χ0v) is 8.25. The van der Waals surface area contributed by atoms with Crippen molar-refractivity contribution in [3.8, 4) is 0 Å². The van der Waals surface area contributed by atoms with Crippen molar-refractivity contribution in [2.75, 3.05) is 0 Å². The number of rotatable bonds is 4. The fourth-order valence-electron chi connectivity index (χ4n) is 1.48. The fourth-order valence-corrected chi connectivity index (χ4v) is 1.48. The first-order chi connectivity index (χ1) is 6.43. The zero-order valence-electron chi connectivity index (χ0n) is 8.25. The largest absolute Gasteiger partial charge is 0.480 e. The van der Waals surface area contributed by atoms with Crippen molar-refractivity contribution in [3.63, 3.8) is 0 Å². The summed E-state index contributed by atoms with van der Waals surface area (Å²) in [5.74, 6) is -1.31. The molecule has 1 saturated carbocycles. The van der Waals surface area contributed by atoms with Gasteiger partial charge in [-0.2, -0.15) is 0 Å². The molecule has 0 saturated heterocycles. The van der Waals surface area contributed by atoms with Gasteiger partial charge in [-0.3, -0.25) is 9.59 Å². The van der Waals surface area contributed by atoms with Gasteiger partial charge in [-0.25, -0.2) is 0 Å². The highest BCUT2D eigenvalue weighted by molar-refractivity contribution is 5.83. The second-order valence-corrected chi connectivity index (χ2v) is 4.02. The molecular formula is C9H16N2O3. The molecule has 0 unspecified atom stereocenters. The predicted molar refractivity (Wildman–Crippen MR) is 50.6 cm³/mol. The Labute approximate surface area is 82.7 Å². The molecule has 1 rings (SSSR count). The Bertz CT molecular complexity index is 248. The highest BCUT2D eigenvalue weighted by atomic mass is 16.4. The summed E-state index contributed by atoms with van der Waals surface area (Å²) in [7, 11) is 0. The van der Waals surface area contributed by atoms with Crippen molar-refractivity contribution in [1.82, 2.24) is 5.32 Å². The van der Waals surface area contributed by atoms with Crippen LogP contribution in [0.5, 0.6) is 0 Å². The summed E-state index contributed by atoms with van der Waals surface area (Å²) in [5.41, 5.74) is 5.46. The van der Waals surface area contributed by atoms with Crippen LogP contribution in [0.15, 0.2) is 0 Å². The van der Waals surface area contributed by atoms with Gasteiger partial charge in [0, 0.05) is 12.0 Å². The van der Waals surface area contributed by atoms with E-state index in [1.54, 1.807) is 0 Å². The van der Waals surface area contributed by atoms with E-state index in [0.717, 1.165) is 19.3 Å². The van der Waals surface area contributed by atoms with Crippen LogP contribution in [0.4, 0.5) is 0 Å². The van der Waals surface area contributed by atoms with Crippen LogP contribution in [-0.4, -0.2) is 28.6 Å². The van der Waals surface area contributed by atoms with Crippen LogP contribution in [0.1, 0.15) is 32.6 Å². The van der Waals surface area contributed by atoms with Crippen molar-refractivity contribution in [3.05, 3.63) is 0 Å². The Balaban J connectivity index is 2.32. The summed E-state index contributed by atoms with van der Waals surface area (Å²) in [4.78, 5) is 21.7. The third-order valence-electron chi connectivity index (χ3n) is 2.61. The molecule has 0 bridgehead atoms. The van der Waals surface area contributed by atoms with E-state index >= 15 is 0 Å². The maximum absolute atomic E-state index is 11.3. The van der Waals surface area contributed by atoms with E-state index in [-0.39, 0.29) is 17.9 Å². The normalized spacial score (nSPS) is 20.7. The summed E-state index contributed by atoms with van der Waals surface area (Å²) in [6, 6.07) is -0.842. The third-order valence-corrected chi connectivity index (χ3v) is 2.61. The first kappa shape index (κ1) is 11.0. The lowest BCUT2D eigenvalue weighted by Gasteiger charge is -2.37. The molecule has 80 valence electrons. The van der Waals surface area contributed by atoms with Crippen LogP contribution in [0.25, 0.3) is 0 Å². The molecule has 0 aromatic heterocycles. The average Bonchev–Trinajstić information content (AvgIpc) is 2.00. The van der Waals surface area contributed by atoms with Crippen molar-refractivity contribution >= 4 is 11.9 Å².